The SMILES string of the molecule is CCCCCC/C=C\C/C=C\CCCCCCCCCC(=O)NC(COP(=O)([O-])OCC[N+](C)(C)C)C(O)/C=C/CCCCCCC. The Labute approximate surface area is 289 Å². The summed E-state index contributed by atoms with van der Waals surface area (Å²) in [6.45, 7) is 4.53. The van der Waals surface area contributed by atoms with Gasteiger partial charge in [0.15, 0.2) is 0 Å². The maximum Gasteiger partial charge on any atom is 0.268 e. The number of allylic oxidation sites excluding steroid dienone is 5. The lowest BCUT2D eigenvalue weighted by Gasteiger charge is -2.29. The number of unbranched alkanes of at least 4 members (excludes halogenated alkanes) is 16. The van der Waals surface area contributed by atoms with E-state index in [0.29, 0.717) is 17.4 Å². The number of aliphatic hydroxyl groups is 1. The zero-order valence-corrected chi connectivity index (χ0v) is 31.9. The van der Waals surface area contributed by atoms with Gasteiger partial charge in [0.1, 0.15) is 13.2 Å². The number of amides is 1. The molecule has 0 spiro atoms. The second-order valence-corrected chi connectivity index (χ2v) is 15.3. The number of rotatable bonds is 33. The summed E-state index contributed by atoms with van der Waals surface area (Å²) in [6.07, 6.45) is 34.9. The number of likely N-dealkylation sites (N-methyl/N-ethyl adjacent to an activating group) is 1. The fraction of sp³-hybridized carbons (Fsp3) is 0.816. The fourth-order valence-electron chi connectivity index (χ4n) is 5.00. The van der Waals surface area contributed by atoms with Gasteiger partial charge in [-0.05, 0) is 51.4 Å². The van der Waals surface area contributed by atoms with Crippen molar-refractivity contribution in [3.63, 3.8) is 0 Å². The van der Waals surface area contributed by atoms with Crippen LogP contribution in [0.2, 0.25) is 0 Å². The van der Waals surface area contributed by atoms with Gasteiger partial charge < -0.3 is 28.8 Å². The third-order valence-corrected chi connectivity index (χ3v) is 9.06. The molecule has 0 heterocycles. The molecule has 0 bridgehead atoms. The third-order valence-electron chi connectivity index (χ3n) is 8.09. The average molecular weight is 685 g/mol. The molecule has 0 rings (SSSR count). The molecule has 47 heavy (non-hydrogen) atoms. The summed E-state index contributed by atoms with van der Waals surface area (Å²) in [6, 6.07) is -0.885. The molecule has 0 saturated heterocycles. The van der Waals surface area contributed by atoms with Crippen LogP contribution in [0, 0.1) is 0 Å². The van der Waals surface area contributed by atoms with E-state index in [4.69, 9.17) is 9.05 Å². The molecule has 0 fully saturated rings. The maximum atomic E-state index is 12.7. The van der Waals surface area contributed by atoms with Crippen molar-refractivity contribution in [3.05, 3.63) is 36.5 Å². The van der Waals surface area contributed by atoms with Gasteiger partial charge in [-0.1, -0.05) is 127 Å². The van der Waals surface area contributed by atoms with E-state index >= 15 is 0 Å². The molecule has 0 aromatic carbocycles. The van der Waals surface area contributed by atoms with Gasteiger partial charge in [-0.25, -0.2) is 0 Å². The summed E-state index contributed by atoms with van der Waals surface area (Å²) in [7, 11) is 1.24. The molecule has 0 aliphatic carbocycles. The highest BCUT2D eigenvalue weighted by Crippen LogP contribution is 2.38. The number of carbonyl (C=O) groups excluding carboxylic acids is 1. The normalized spacial score (nSPS) is 15.1. The Bertz CT molecular complexity index is 871. The summed E-state index contributed by atoms with van der Waals surface area (Å²) in [5.41, 5.74) is 0. The van der Waals surface area contributed by atoms with E-state index in [1.54, 1.807) is 6.08 Å². The number of phosphoric ester groups is 1. The quantitative estimate of drug-likeness (QED) is 0.0309. The van der Waals surface area contributed by atoms with Crippen molar-refractivity contribution in [3.8, 4) is 0 Å². The molecule has 0 aromatic rings. The van der Waals surface area contributed by atoms with E-state index in [1.165, 1.54) is 70.6 Å². The van der Waals surface area contributed by atoms with Crippen LogP contribution in [0.25, 0.3) is 0 Å². The Morgan fingerprint density at radius 3 is 1.79 bits per heavy atom. The fourth-order valence-corrected chi connectivity index (χ4v) is 5.73. The number of phosphoric acid groups is 1. The minimum absolute atomic E-state index is 0.00396. The summed E-state index contributed by atoms with van der Waals surface area (Å²) in [5.74, 6) is -0.213. The molecule has 3 unspecified atom stereocenters. The van der Waals surface area contributed by atoms with Gasteiger partial charge in [0.25, 0.3) is 7.82 Å². The zero-order valence-electron chi connectivity index (χ0n) is 31.0. The van der Waals surface area contributed by atoms with Crippen LogP contribution in [-0.2, 0) is 18.4 Å². The van der Waals surface area contributed by atoms with E-state index in [2.05, 4.69) is 43.5 Å². The van der Waals surface area contributed by atoms with Gasteiger partial charge in [-0.15, -0.1) is 0 Å². The first-order valence-electron chi connectivity index (χ1n) is 18.9. The Morgan fingerprint density at radius 2 is 1.23 bits per heavy atom. The zero-order chi connectivity index (χ0) is 35.1. The van der Waals surface area contributed by atoms with Crippen LogP contribution in [-0.4, -0.2) is 68.5 Å². The van der Waals surface area contributed by atoms with Gasteiger partial charge in [0, 0.05) is 6.42 Å². The predicted octanol–water partition coefficient (Wildman–Crippen LogP) is 8.94. The Kier molecular flexibility index (Phi) is 29.9. The first kappa shape index (κ1) is 45.7. The molecule has 3 atom stereocenters. The number of hydrogen-bond acceptors (Lipinski definition) is 6. The van der Waals surface area contributed by atoms with Crippen molar-refractivity contribution in [2.24, 2.45) is 0 Å². The number of nitrogens with zero attached hydrogens (tertiary/aromatic N) is 1. The number of quaternary nitrogens is 1. The van der Waals surface area contributed by atoms with Crippen LogP contribution in [0.1, 0.15) is 149 Å². The minimum atomic E-state index is -4.57. The van der Waals surface area contributed by atoms with Crippen LogP contribution in [0.15, 0.2) is 36.5 Å². The smallest absolute Gasteiger partial charge is 0.268 e. The molecule has 0 aliphatic rings. The Balaban J connectivity index is 4.38. The monoisotopic (exact) mass is 685 g/mol. The molecule has 0 saturated carbocycles. The molecular weight excluding hydrogens is 611 g/mol. The molecule has 276 valence electrons. The standard InChI is InChI=1S/C38H73N2O6P/c1-6-8-10-12-14-15-16-17-18-19-20-21-22-23-24-26-28-30-32-38(42)39-36(37(41)31-29-27-25-13-11-9-7-2)35-46-47(43,44)45-34-33-40(3,4)5/h15-16,18-19,29,31,36-37,41H,6-14,17,20-28,30,32-35H2,1-5H3,(H-,39,42,43,44)/b16-15-,19-18-,31-29+. The van der Waals surface area contributed by atoms with Crippen LogP contribution in [0.4, 0.5) is 0 Å². The highest BCUT2D eigenvalue weighted by Gasteiger charge is 2.23. The molecule has 0 radical (unpaired) electrons. The van der Waals surface area contributed by atoms with Crippen molar-refractivity contribution in [1.82, 2.24) is 5.32 Å². The Morgan fingerprint density at radius 1 is 0.745 bits per heavy atom. The number of carbonyl (C=O) groups is 1. The van der Waals surface area contributed by atoms with Gasteiger partial charge >= 0.3 is 0 Å². The lowest BCUT2D eigenvalue weighted by molar-refractivity contribution is -0.870. The molecule has 0 aromatic heterocycles. The van der Waals surface area contributed by atoms with E-state index in [-0.39, 0.29) is 19.1 Å². The van der Waals surface area contributed by atoms with Crippen LogP contribution >= 0.6 is 7.82 Å². The van der Waals surface area contributed by atoms with Crippen molar-refractivity contribution >= 4 is 13.7 Å². The summed E-state index contributed by atoms with van der Waals surface area (Å²) >= 11 is 0. The molecule has 2 N–H and O–H groups in total. The highest BCUT2D eigenvalue weighted by atomic mass is 31.2. The van der Waals surface area contributed by atoms with Crippen molar-refractivity contribution in [1.29, 1.82) is 0 Å². The average Bonchev–Trinajstić information content (AvgIpc) is 3.01. The molecule has 8 nitrogen and oxygen atoms in total. The first-order chi connectivity index (χ1) is 22.5. The number of aliphatic hydroxyl groups excluding tert-OH is 1. The van der Waals surface area contributed by atoms with E-state index in [0.717, 1.165) is 57.8 Å². The van der Waals surface area contributed by atoms with Crippen molar-refractivity contribution in [2.45, 2.75) is 161 Å². The third kappa shape index (κ3) is 33.0. The predicted molar refractivity (Wildman–Crippen MR) is 196 cm³/mol. The lowest BCUT2D eigenvalue weighted by Crippen LogP contribution is -2.45. The van der Waals surface area contributed by atoms with E-state index in [9.17, 15) is 19.4 Å². The second kappa shape index (κ2) is 30.8. The highest BCUT2D eigenvalue weighted by molar-refractivity contribution is 7.45. The van der Waals surface area contributed by atoms with Crippen LogP contribution < -0.4 is 10.2 Å². The van der Waals surface area contributed by atoms with Gasteiger partial charge in [0.2, 0.25) is 5.91 Å². The summed E-state index contributed by atoms with van der Waals surface area (Å²) in [5, 5.41) is 13.6. The Hall–Kier alpha value is -1.28. The maximum absolute atomic E-state index is 12.7. The second-order valence-electron chi connectivity index (χ2n) is 13.9. The summed E-state index contributed by atoms with van der Waals surface area (Å²) < 4.78 is 23.0. The topological polar surface area (TPSA) is 108 Å². The largest absolute Gasteiger partial charge is 0.756 e. The first-order valence-corrected chi connectivity index (χ1v) is 20.3. The number of hydrogen-bond donors (Lipinski definition) is 2. The van der Waals surface area contributed by atoms with Crippen molar-refractivity contribution < 1.29 is 32.9 Å². The van der Waals surface area contributed by atoms with Crippen LogP contribution in [0.3, 0.4) is 0 Å². The molecular formula is C38H73N2O6P. The minimum Gasteiger partial charge on any atom is -0.756 e. The van der Waals surface area contributed by atoms with E-state index in [1.807, 2.05) is 27.2 Å². The van der Waals surface area contributed by atoms with Crippen LogP contribution in [0.5, 0.6) is 0 Å². The summed E-state index contributed by atoms with van der Waals surface area (Å²) in [4.78, 5) is 25.0. The molecule has 0 aliphatic heterocycles. The van der Waals surface area contributed by atoms with E-state index < -0.39 is 20.0 Å². The molecule has 1 amide bonds. The lowest BCUT2D eigenvalue weighted by atomic mass is 10.1. The van der Waals surface area contributed by atoms with Gasteiger partial charge in [-0.3, -0.25) is 9.36 Å². The van der Waals surface area contributed by atoms with Crippen molar-refractivity contribution in [2.75, 3.05) is 40.9 Å². The van der Waals surface area contributed by atoms with Gasteiger partial charge in [0.05, 0.1) is 39.9 Å². The molecule has 9 heteroatoms. The number of nitrogens with one attached hydrogen (secondary N) is 1. The van der Waals surface area contributed by atoms with Gasteiger partial charge in [-0.2, -0.15) is 0 Å².